The lowest BCUT2D eigenvalue weighted by Crippen LogP contribution is -2.31. The lowest BCUT2D eigenvalue weighted by Gasteiger charge is -2.13. The summed E-state index contributed by atoms with van der Waals surface area (Å²) in [5, 5.41) is 2.71. The van der Waals surface area contributed by atoms with Crippen LogP contribution in [0.3, 0.4) is 0 Å². The first-order chi connectivity index (χ1) is 8.60. The number of ether oxygens (including phenoxy) is 1. The van der Waals surface area contributed by atoms with E-state index in [0.29, 0.717) is 19.7 Å². The van der Waals surface area contributed by atoms with Gasteiger partial charge in [0.05, 0.1) is 12.2 Å². The molecule has 0 aromatic heterocycles. The summed E-state index contributed by atoms with van der Waals surface area (Å²) in [4.78, 5) is 11.9. The van der Waals surface area contributed by atoms with Crippen molar-refractivity contribution < 1.29 is 13.9 Å². The van der Waals surface area contributed by atoms with Crippen molar-refractivity contribution in [1.29, 1.82) is 0 Å². The van der Waals surface area contributed by atoms with Gasteiger partial charge in [0.15, 0.2) is 11.6 Å². The van der Waals surface area contributed by atoms with Gasteiger partial charge in [-0.15, -0.1) is 12.4 Å². The summed E-state index contributed by atoms with van der Waals surface area (Å²) < 4.78 is 18.7. The van der Waals surface area contributed by atoms with Gasteiger partial charge in [0.2, 0.25) is 0 Å². The molecule has 19 heavy (non-hydrogen) atoms. The molecule has 1 amide bonds. The molecule has 0 saturated heterocycles. The van der Waals surface area contributed by atoms with Gasteiger partial charge in [0, 0.05) is 6.54 Å². The predicted molar refractivity (Wildman–Crippen MR) is 75.4 cm³/mol. The minimum absolute atomic E-state index is 0. The van der Waals surface area contributed by atoms with Crippen LogP contribution in [0.2, 0.25) is 0 Å². The van der Waals surface area contributed by atoms with Gasteiger partial charge in [0.25, 0.3) is 5.91 Å². The zero-order chi connectivity index (χ0) is 13.5. The highest BCUT2D eigenvalue weighted by Crippen LogP contribution is 2.22. The molecule has 1 aromatic carbocycles. The average molecular weight is 291 g/mol. The maximum absolute atomic E-state index is 13.5. The lowest BCUT2D eigenvalue weighted by atomic mass is 10.1. The Hall–Kier alpha value is -1.33. The molecule has 0 aliphatic heterocycles. The fraction of sp³-hybridized carbons (Fsp3) is 0.462. The zero-order valence-corrected chi connectivity index (χ0v) is 11.9. The summed E-state index contributed by atoms with van der Waals surface area (Å²) in [5.41, 5.74) is 5.67. The number of carbonyl (C=O) groups excluding carboxylic acids is 1. The molecule has 1 atom stereocenters. The van der Waals surface area contributed by atoms with Gasteiger partial charge in [0.1, 0.15) is 0 Å². The molecule has 0 fully saturated rings. The summed E-state index contributed by atoms with van der Waals surface area (Å²) in [6.45, 7) is 4.92. The quantitative estimate of drug-likeness (QED) is 0.842. The smallest absolute Gasteiger partial charge is 0.255 e. The van der Waals surface area contributed by atoms with E-state index in [-0.39, 0.29) is 35.5 Å². The van der Waals surface area contributed by atoms with E-state index >= 15 is 0 Å². The Morgan fingerprint density at radius 1 is 1.53 bits per heavy atom. The monoisotopic (exact) mass is 290 g/mol. The number of nitrogens with one attached hydrogen (secondary N) is 1. The van der Waals surface area contributed by atoms with Gasteiger partial charge >= 0.3 is 0 Å². The Morgan fingerprint density at radius 3 is 2.79 bits per heavy atom. The Balaban J connectivity index is 0.00000324. The van der Waals surface area contributed by atoms with Crippen LogP contribution in [0, 0.1) is 11.7 Å². The van der Waals surface area contributed by atoms with E-state index in [0.717, 1.165) is 0 Å². The maximum atomic E-state index is 13.5. The topological polar surface area (TPSA) is 64.3 Å². The Labute approximate surface area is 118 Å². The second-order valence-corrected chi connectivity index (χ2v) is 4.10. The standard InChI is InChI=1S/C13H19FN2O2.ClH/c1-3-18-12-10(5-4-6-11(12)14)13(17)16-8-9(2)7-15;/h4-6,9H,3,7-8,15H2,1-2H3,(H,16,17);1H. The van der Waals surface area contributed by atoms with Gasteiger partial charge in [-0.25, -0.2) is 4.39 Å². The number of para-hydroxylation sites is 1. The van der Waals surface area contributed by atoms with E-state index in [1.165, 1.54) is 18.2 Å². The van der Waals surface area contributed by atoms with Crippen molar-refractivity contribution >= 4 is 18.3 Å². The zero-order valence-electron chi connectivity index (χ0n) is 11.1. The number of halogens is 2. The van der Waals surface area contributed by atoms with Crippen LogP contribution in [0.15, 0.2) is 18.2 Å². The van der Waals surface area contributed by atoms with Crippen LogP contribution in [-0.4, -0.2) is 25.6 Å². The van der Waals surface area contributed by atoms with Crippen molar-refractivity contribution in [2.75, 3.05) is 19.7 Å². The van der Waals surface area contributed by atoms with E-state index in [4.69, 9.17) is 10.5 Å². The summed E-state index contributed by atoms with van der Waals surface area (Å²) in [7, 11) is 0. The predicted octanol–water partition coefficient (Wildman–Crippen LogP) is 1.97. The number of hydrogen-bond acceptors (Lipinski definition) is 3. The molecule has 0 heterocycles. The molecule has 0 spiro atoms. The van der Waals surface area contributed by atoms with Gasteiger partial charge in [-0.3, -0.25) is 4.79 Å². The number of rotatable bonds is 6. The molecule has 0 aliphatic rings. The van der Waals surface area contributed by atoms with Gasteiger partial charge in [-0.05, 0) is 31.5 Å². The fourth-order valence-corrected chi connectivity index (χ4v) is 1.42. The molecule has 6 heteroatoms. The number of amides is 1. The molecule has 1 rings (SSSR count). The normalized spacial score (nSPS) is 11.4. The highest BCUT2D eigenvalue weighted by atomic mass is 35.5. The third-order valence-electron chi connectivity index (χ3n) is 2.51. The molecular formula is C13H20ClFN2O2. The summed E-state index contributed by atoms with van der Waals surface area (Å²) in [5.74, 6) is -0.703. The molecular weight excluding hydrogens is 271 g/mol. The summed E-state index contributed by atoms with van der Waals surface area (Å²) in [6, 6.07) is 4.29. The van der Waals surface area contributed by atoms with Crippen molar-refractivity contribution in [3.63, 3.8) is 0 Å². The molecule has 4 nitrogen and oxygen atoms in total. The molecule has 0 radical (unpaired) electrons. The van der Waals surface area contributed by atoms with Crippen LogP contribution in [-0.2, 0) is 0 Å². The van der Waals surface area contributed by atoms with E-state index in [1.807, 2.05) is 6.92 Å². The van der Waals surface area contributed by atoms with Gasteiger partial charge in [-0.2, -0.15) is 0 Å². The highest BCUT2D eigenvalue weighted by molar-refractivity contribution is 5.97. The Kier molecular flexibility index (Phi) is 8.11. The minimum Gasteiger partial charge on any atom is -0.490 e. The summed E-state index contributed by atoms with van der Waals surface area (Å²) in [6.07, 6.45) is 0. The molecule has 3 N–H and O–H groups in total. The number of hydrogen-bond donors (Lipinski definition) is 2. The van der Waals surface area contributed by atoms with Crippen LogP contribution in [0.4, 0.5) is 4.39 Å². The maximum Gasteiger partial charge on any atom is 0.255 e. The van der Waals surface area contributed by atoms with E-state index in [2.05, 4.69) is 5.32 Å². The van der Waals surface area contributed by atoms with Gasteiger partial charge in [-0.1, -0.05) is 13.0 Å². The third-order valence-corrected chi connectivity index (χ3v) is 2.51. The first-order valence-corrected chi connectivity index (χ1v) is 5.99. The molecule has 1 aromatic rings. The Morgan fingerprint density at radius 2 is 2.21 bits per heavy atom. The van der Waals surface area contributed by atoms with Crippen molar-refractivity contribution in [3.8, 4) is 5.75 Å². The van der Waals surface area contributed by atoms with Crippen LogP contribution < -0.4 is 15.8 Å². The minimum atomic E-state index is -0.531. The lowest BCUT2D eigenvalue weighted by molar-refractivity contribution is 0.0943. The van der Waals surface area contributed by atoms with Crippen molar-refractivity contribution in [2.24, 2.45) is 11.7 Å². The second-order valence-electron chi connectivity index (χ2n) is 4.10. The first-order valence-electron chi connectivity index (χ1n) is 5.99. The Bertz CT molecular complexity index is 416. The van der Waals surface area contributed by atoms with E-state index in [9.17, 15) is 9.18 Å². The largest absolute Gasteiger partial charge is 0.490 e. The van der Waals surface area contributed by atoms with Crippen LogP contribution >= 0.6 is 12.4 Å². The molecule has 0 saturated carbocycles. The first kappa shape index (κ1) is 17.7. The SMILES string of the molecule is CCOc1c(F)cccc1C(=O)NCC(C)CN.Cl. The highest BCUT2D eigenvalue weighted by Gasteiger charge is 2.16. The number of nitrogens with two attached hydrogens (primary N) is 1. The third kappa shape index (κ3) is 5.04. The fourth-order valence-electron chi connectivity index (χ4n) is 1.42. The van der Waals surface area contributed by atoms with Crippen molar-refractivity contribution in [2.45, 2.75) is 13.8 Å². The van der Waals surface area contributed by atoms with Crippen LogP contribution in [0.1, 0.15) is 24.2 Å². The summed E-state index contributed by atoms with van der Waals surface area (Å²) >= 11 is 0. The van der Waals surface area contributed by atoms with Crippen LogP contribution in [0.5, 0.6) is 5.75 Å². The van der Waals surface area contributed by atoms with E-state index < -0.39 is 5.82 Å². The second kappa shape index (κ2) is 8.72. The van der Waals surface area contributed by atoms with Gasteiger partial charge < -0.3 is 15.8 Å². The van der Waals surface area contributed by atoms with Crippen LogP contribution in [0.25, 0.3) is 0 Å². The molecule has 0 aliphatic carbocycles. The van der Waals surface area contributed by atoms with E-state index in [1.54, 1.807) is 6.92 Å². The number of carbonyl (C=O) groups is 1. The number of benzene rings is 1. The average Bonchev–Trinajstić information content (AvgIpc) is 2.38. The molecule has 0 bridgehead atoms. The van der Waals surface area contributed by atoms with Crippen molar-refractivity contribution in [3.05, 3.63) is 29.6 Å². The molecule has 108 valence electrons. The molecule has 1 unspecified atom stereocenters. The van der Waals surface area contributed by atoms with Crippen molar-refractivity contribution in [1.82, 2.24) is 5.32 Å².